The van der Waals surface area contributed by atoms with Crippen LogP contribution in [-0.4, -0.2) is 24.0 Å². The van der Waals surface area contributed by atoms with E-state index in [-0.39, 0.29) is 17.8 Å². The number of rotatable bonds is 8. The van der Waals surface area contributed by atoms with Gasteiger partial charge in [0.05, 0.1) is 11.5 Å². The Morgan fingerprint density at radius 2 is 2.00 bits per heavy atom. The number of hydrogen-bond acceptors (Lipinski definition) is 5. The van der Waals surface area contributed by atoms with Crippen LogP contribution >= 0.6 is 11.8 Å². The molecule has 2 rings (SSSR count). The Labute approximate surface area is 151 Å². The lowest BCUT2D eigenvalue weighted by Crippen LogP contribution is -2.26. The number of carbonyl (C=O) groups excluding carboxylic acids is 1. The average molecular weight is 353 g/mol. The van der Waals surface area contributed by atoms with Crippen molar-refractivity contribution in [3.8, 4) is 11.8 Å². The highest BCUT2D eigenvalue weighted by Crippen LogP contribution is 2.17. The van der Waals surface area contributed by atoms with Gasteiger partial charge in [-0.1, -0.05) is 30.3 Å². The topological polar surface area (TPSA) is 74.5 Å². The number of nitrogens with zero attached hydrogens (tertiary/aromatic N) is 2. The molecule has 0 bridgehead atoms. The highest BCUT2D eigenvalue weighted by atomic mass is 32.2. The van der Waals surface area contributed by atoms with Crippen LogP contribution in [-0.2, 0) is 10.5 Å². The zero-order chi connectivity index (χ0) is 17.9. The smallest absolute Gasteiger partial charge is 0.252 e. The van der Waals surface area contributed by atoms with Crippen molar-refractivity contribution in [3.05, 3.63) is 65.7 Å². The molecule has 1 N–H and O–H groups in total. The number of ether oxygens (including phenoxy) is 1. The molecular formula is C19H19N3O2S. The first-order valence-electron chi connectivity index (χ1n) is 7.77. The number of nitrogens with one attached hydrogen (secondary N) is 1. The third-order valence-electron chi connectivity index (χ3n) is 3.28. The lowest BCUT2D eigenvalue weighted by atomic mass is 10.2. The number of hydrogen-bond donors (Lipinski definition) is 1. The average Bonchev–Trinajstić information content (AvgIpc) is 2.66. The summed E-state index contributed by atoms with van der Waals surface area (Å²) in [6.45, 7) is 1.88. The maximum absolute atomic E-state index is 12.0. The van der Waals surface area contributed by atoms with Gasteiger partial charge >= 0.3 is 0 Å². The van der Waals surface area contributed by atoms with E-state index >= 15 is 0 Å². The van der Waals surface area contributed by atoms with Gasteiger partial charge in [0.1, 0.15) is 11.8 Å². The Kier molecular flexibility index (Phi) is 7.54. The molecule has 2 aromatic carbocycles. The van der Waals surface area contributed by atoms with Gasteiger partial charge in [-0.15, -0.1) is 11.8 Å². The summed E-state index contributed by atoms with van der Waals surface area (Å²) in [5, 5.41) is 12.2. The van der Waals surface area contributed by atoms with Crippen LogP contribution in [0.4, 0.5) is 0 Å². The monoisotopic (exact) mass is 353 g/mol. The summed E-state index contributed by atoms with van der Waals surface area (Å²) >= 11 is 1.56. The van der Waals surface area contributed by atoms with Crippen LogP contribution < -0.4 is 10.2 Å². The number of thioether (sulfide) groups is 1. The second-order valence-corrected chi connectivity index (χ2v) is 6.52. The number of carbonyl (C=O) groups is 1. The molecule has 0 saturated heterocycles. The van der Waals surface area contributed by atoms with Crippen LogP contribution in [0.5, 0.6) is 5.75 Å². The Bertz CT molecular complexity index is 740. The molecule has 128 valence electrons. The largest absolute Gasteiger partial charge is 0.479 e. The van der Waals surface area contributed by atoms with Gasteiger partial charge in [0.25, 0.3) is 5.91 Å². The number of benzene rings is 2. The molecule has 0 spiro atoms. The van der Waals surface area contributed by atoms with Crippen molar-refractivity contribution in [3.63, 3.8) is 0 Å². The summed E-state index contributed by atoms with van der Waals surface area (Å²) < 4.78 is 5.17. The van der Waals surface area contributed by atoms with Gasteiger partial charge in [0.15, 0.2) is 6.61 Å². The molecule has 1 amide bonds. The zero-order valence-corrected chi connectivity index (χ0v) is 14.7. The third-order valence-corrected chi connectivity index (χ3v) is 4.50. The van der Waals surface area contributed by atoms with Crippen molar-refractivity contribution < 1.29 is 9.53 Å². The van der Waals surface area contributed by atoms with Gasteiger partial charge in [0, 0.05) is 5.75 Å². The first-order chi connectivity index (χ1) is 12.2. The molecule has 0 aliphatic carbocycles. The second-order valence-electron chi connectivity index (χ2n) is 5.19. The summed E-state index contributed by atoms with van der Waals surface area (Å²) in [6.07, 6.45) is 1.57. The van der Waals surface area contributed by atoms with Crippen LogP contribution in [0.25, 0.3) is 0 Å². The normalized spacial score (nSPS) is 11.7. The van der Waals surface area contributed by atoms with Crippen LogP contribution in [0.15, 0.2) is 59.7 Å². The molecule has 0 heterocycles. The molecular weight excluding hydrogens is 334 g/mol. The van der Waals surface area contributed by atoms with E-state index in [0.717, 1.165) is 11.3 Å². The van der Waals surface area contributed by atoms with Crippen molar-refractivity contribution in [1.82, 2.24) is 5.43 Å². The predicted molar refractivity (Wildman–Crippen MR) is 100 cm³/mol. The molecule has 0 fully saturated rings. The van der Waals surface area contributed by atoms with Crippen molar-refractivity contribution >= 4 is 23.9 Å². The summed E-state index contributed by atoms with van der Waals surface area (Å²) in [5.41, 5.74) is 4.57. The molecule has 5 nitrogen and oxygen atoms in total. The maximum Gasteiger partial charge on any atom is 0.252 e. The molecule has 6 heteroatoms. The van der Waals surface area contributed by atoms with E-state index < -0.39 is 0 Å². The van der Waals surface area contributed by atoms with E-state index in [1.807, 2.05) is 43.3 Å². The van der Waals surface area contributed by atoms with E-state index in [1.54, 1.807) is 42.2 Å². The highest BCUT2D eigenvalue weighted by molar-refractivity contribution is 7.99. The van der Waals surface area contributed by atoms with Gasteiger partial charge in [-0.05, 0) is 42.3 Å². The minimum absolute atomic E-state index is 0.0159. The molecule has 0 aromatic heterocycles. The van der Waals surface area contributed by atoms with Crippen molar-refractivity contribution in [1.29, 1.82) is 5.26 Å². The quantitative estimate of drug-likeness (QED) is 0.583. The molecule has 0 radical (unpaired) electrons. The molecule has 0 unspecified atom stereocenters. The van der Waals surface area contributed by atoms with Crippen LogP contribution in [0.3, 0.4) is 0 Å². The van der Waals surface area contributed by atoms with E-state index in [0.29, 0.717) is 5.75 Å². The van der Waals surface area contributed by atoms with Crippen LogP contribution in [0, 0.1) is 11.3 Å². The Morgan fingerprint density at radius 3 is 2.68 bits per heavy atom. The number of nitriles is 1. The highest BCUT2D eigenvalue weighted by Gasteiger charge is 2.12. The van der Waals surface area contributed by atoms with Gasteiger partial charge in [-0.2, -0.15) is 10.4 Å². The molecule has 0 aliphatic heterocycles. The fourth-order valence-electron chi connectivity index (χ4n) is 1.90. The number of amides is 1. The van der Waals surface area contributed by atoms with Crippen LogP contribution in [0.2, 0.25) is 0 Å². The summed E-state index contributed by atoms with van der Waals surface area (Å²) in [4.78, 5) is 12.0. The van der Waals surface area contributed by atoms with Gasteiger partial charge in [-0.25, -0.2) is 5.43 Å². The SMILES string of the molecule is C[C@H](SCc1ccccc1)C(=O)N/N=C\c1ccc(OCC#N)cc1. The van der Waals surface area contributed by atoms with Crippen LogP contribution in [0.1, 0.15) is 18.1 Å². The lowest BCUT2D eigenvalue weighted by Gasteiger charge is -2.09. The fraction of sp³-hybridized carbons (Fsp3) is 0.211. The summed E-state index contributed by atoms with van der Waals surface area (Å²) in [7, 11) is 0. The Balaban J connectivity index is 1.76. The second kappa shape index (κ2) is 10.2. The summed E-state index contributed by atoms with van der Waals surface area (Å²) in [5.74, 6) is 1.27. The third kappa shape index (κ3) is 6.69. The van der Waals surface area contributed by atoms with Crippen molar-refractivity contribution in [2.75, 3.05) is 6.61 Å². The molecule has 0 saturated carbocycles. The van der Waals surface area contributed by atoms with Crippen molar-refractivity contribution in [2.24, 2.45) is 5.10 Å². The van der Waals surface area contributed by atoms with Crippen molar-refractivity contribution in [2.45, 2.75) is 17.9 Å². The van der Waals surface area contributed by atoms with E-state index in [2.05, 4.69) is 10.5 Å². The van der Waals surface area contributed by atoms with E-state index in [1.165, 1.54) is 5.56 Å². The van der Waals surface area contributed by atoms with Gasteiger partial charge in [0.2, 0.25) is 0 Å². The number of hydrazone groups is 1. The summed E-state index contributed by atoms with van der Waals surface area (Å²) in [6, 6.07) is 19.0. The Morgan fingerprint density at radius 1 is 1.28 bits per heavy atom. The maximum atomic E-state index is 12.0. The first-order valence-corrected chi connectivity index (χ1v) is 8.82. The van der Waals surface area contributed by atoms with Gasteiger partial charge < -0.3 is 4.74 Å². The minimum atomic E-state index is -0.195. The van der Waals surface area contributed by atoms with Gasteiger partial charge in [-0.3, -0.25) is 4.79 Å². The molecule has 1 atom stereocenters. The predicted octanol–water partition coefficient (Wildman–Crippen LogP) is 3.36. The minimum Gasteiger partial charge on any atom is -0.479 e. The Hall–Kier alpha value is -2.78. The molecule has 0 aliphatic rings. The lowest BCUT2D eigenvalue weighted by molar-refractivity contribution is -0.120. The van der Waals surface area contributed by atoms with E-state index in [4.69, 9.17) is 10.00 Å². The van der Waals surface area contributed by atoms with E-state index in [9.17, 15) is 4.79 Å². The first kappa shape index (κ1) is 18.6. The zero-order valence-electron chi connectivity index (χ0n) is 13.9. The standard InChI is InChI=1S/C19H19N3O2S/c1-15(25-14-17-5-3-2-4-6-17)19(23)22-21-13-16-7-9-18(10-8-16)24-12-11-20/h2-10,13,15H,12,14H2,1H3,(H,22,23)/b21-13-/t15-/m0/s1. The molecule has 25 heavy (non-hydrogen) atoms. The molecule has 2 aromatic rings. The fourth-order valence-corrected chi connectivity index (χ4v) is 2.74.